The zero-order valence-corrected chi connectivity index (χ0v) is 15.7. The second kappa shape index (κ2) is 8.92. The normalized spacial score (nSPS) is 21.2. The molecule has 1 atom stereocenters. The molecule has 3 rings (SSSR count). The lowest BCUT2D eigenvalue weighted by molar-refractivity contribution is -0.143. The number of piperidine rings is 1. The molecule has 0 radical (unpaired) electrons. The summed E-state index contributed by atoms with van der Waals surface area (Å²) >= 11 is 7.38. The maximum atomic E-state index is 12.6. The van der Waals surface area contributed by atoms with Crippen molar-refractivity contribution in [1.82, 2.24) is 9.80 Å². The molecule has 2 saturated heterocycles. The highest BCUT2D eigenvalue weighted by atomic mass is 35.5. The van der Waals surface area contributed by atoms with Crippen molar-refractivity contribution >= 4 is 35.2 Å². The fourth-order valence-electron chi connectivity index (χ4n) is 3.21. The van der Waals surface area contributed by atoms with Gasteiger partial charge in [0, 0.05) is 36.1 Å². The Bertz CT molecular complexity index is 605. The Balaban J connectivity index is 1.50. The van der Waals surface area contributed by atoms with Gasteiger partial charge < -0.3 is 14.5 Å². The van der Waals surface area contributed by atoms with Crippen molar-refractivity contribution in [3.8, 4) is 0 Å². The van der Waals surface area contributed by atoms with Gasteiger partial charge in [-0.05, 0) is 37.1 Å². The van der Waals surface area contributed by atoms with E-state index >= 15 is 0 Å². The van der Waals surface area contributed by atoms with Gasteiger partial charge in [0.15, 0.2) is 0 Å². The molecule has 0 aromatic heterocycles. The third-order valence-electron chi connectivity index (χ3n) is 4.62. The number of ether oxygens (including phenoxy) is 1. The van der Waals surface area contributed by atoms with Crippen molar-refractivity contribution in [3.05, 3.63) is 29.3 Å². The van der Waals surface area contributed by atoms with E-state index in [4.69, 9.17) is 16.3 Å². The van der Waals surface area contributed by atoms with Crippen molar-refractivity contribution in [2.24, 2.45) is 5.92 Å². The second-order valence-corrected chi connectivity index (χ2v) is 7.84. The van der Waals surface area contributed by atoms with E-state index in [1.54, 1.807) is 0 Å². The van der Waals surface area contributed by atoms with Crippen molar-refractivity contribution in [1.29, 1.82) is 0 Å². The van der Waals surface area contributed by atoms with Gasteiger partial charge in [-0.1, -0.05) is 11.6 Å². The molecule has 2 amide bonds. The third kappa shape index (κ3) is 5.12. The number of morpholine rings is 1. The van der Waals surface area contributed by atoms with Gasteiger partial charge in [-0.3, -0.25) is 9.59 Å². The van der Waals surface area contributed by atoms with E-state index in [2.05, 4.69) is 0 Å². The molecule has 25 heavy (non-hydrogen) atoms. The van der Waals surface area contributed by atoms with Crippen LogP contribution in [0.25, 0.3) is 0 Å². The summed E-state index contributed by atoms with van der Waals surface area (Å²) in [5.74, 6) is 0.585. The first-order chi connectivity index (χ1) is 12.1. The molecule has 2 heterocycles. The average Bonchev–Trinajstić information content (AvgIpc) is 2.67. The Morgan fingerprint density at radius 1 is 1.12 bits per heavy atom. The number of thioether (sulfide) groups is 1. The maximum Gasteiger partial charge on any atom is 0.232 e. The molecule has 0 aliphatic carbocycles. The van der Waals surface area contributed by atoms with E-state index in [9.17, 15) is 9.59 Å². The fraction of sp³-hybridized carbons (Fsp3) is 0.556. The molecule has 1 aromatic rings. The fourth-order valence-corrected chi connectivity index (χ4v) is 4.14. The number of hydrogen-bond acceptors (Lipinski definition) is 4. The first-order valence-corrected chi connectivity index (χ1v) is 10.0. The van der Waals surface area contributed by atoms with E-state index in [-0.39, 0.29) is 17.7 Å². The summed E-state index contributed by atoms with van der Waals surface area (Å²) in [5, 5.41) is 0.691. The molecular formula is C18H23ClN2O3S. The van der Waals surface area contributed by atoms with Crippen molar-refractivity contribution < 1.29 is 14.3 Å². The standard InChI is InChI=1S/C18H23ClN2O3S/c19-15-3-5-16(6-4-15)25-13-17(22)21-7-1-2-14(12-21)18(23)20-8-10-24-11-9-20/h3-6,14H,1-2,7-13H2. The number of hydrogen-bond donors (Lipinski definition) is 0. The molecule has 136 valence electrons. The lowest BCUT2D eigenvalue weighted by Crippen LogP contribution is -2.49. The number of likely N-dealkylation sites (tertiary alicyclic amines) is 1. The topological polar surface area (TPSA) is 49.9 Å². The molecule has 2 aliphatic rings. The Morgan fingerprint density at radius 3 is 2.56 bits per heavy atom. The van der Waals surface area contributed by atoms with Crippen LogP contribution in [-0.4, -0.2) is 66.8 Å². The minimum atomic E-state index is -0.0728. The molecule has 2 fully saturated rings. The van der Waals surface area contributed by atoms with E-state index < -0.39 is 0 Å². The van der Waals surface area contributed by atoms with Crippen LogP contribution < -0.4 is 0 Å². The summed E-state index contributed by atoms with van der Waals surface area (Å²) in [7, 11) is 0. The number of carbonyl (C=O) groups is 2. The highest BCUT2D eigenvalue weighted by molar-refractivity contribution is 8.00. The number of rotatable bonds is 4. The number of nitrogens with zero attached hydrogens (tertiary/aromatic N) is 2. The predicted octanol–water partition coefficient (Wildman–Crippen LogP) is 2.53. The molecule has 5 nitrogen and oxygen atoms in total. The third-order valence-corrected chi connectivity index (χ3v) is 5.87. The van der Waals surface area contributed by atoms with Crippen LogP contribution in [0.4, 0.5) is 0 Å². The summed E-state index contributed by atoms with van der Waals surface area (Å²) in [5.41, 5.74) is 0. The summed E-state index contributed by atoms with van der Waals surface area (Å²) in [6.07, 6.45) is 1.75. The summed E-state index contributed by atoms with van der Waals surface area (Å²) < 4.78 is 5.31. The van der Waals surface area contributed by atoms with E-state index in [0.29, 0.717) is 43.6 Å². The monoisotopic (exact) mass is 382 g/mol. The average molecular weight is 383 g/mol. The largest absolute Gasteiger partial charge is 0.378 e. The predicted molar refractivity (Wildman–Crippen MR) is 98.9 cm³/mol. The maximum absolute atomic E-state index is 12.6. The van der Waals surface area contributed by atoms with Crippen molar-refractivity contribution in [2.75, 3.05) is 45.1 Å². The summed E-state index contributed by atoms with van der Waals surface area (Å²) in [6, 6.07) is 7.49. The first-order valence-electron chi connectivity index (χ1n) is 8.66. The number of halogens is 1. The van der Waals surface area contributed by atoms with Crippen LogP contribution in [0.5, 0.6) is 0 Å². The van der Waals surface area contributed by atoms with Crippen LogP contribution in [0.1, 0.15) is 12.8 Å². The molecule has 7 heteroatoms. The Kier molecular flexibility index (Phi) is 6.62. The first kappa shape index (κ1) is 18.5. The van der Waals surface area contributed by atoms with Crippen LogP contribution in [0, 0.1) is 5.92 Å². The lowest BCUT2D eigenvalue weighted by Gasteiger charge is -2.36. The van der Waals surface area contributed by atoms with Gasteiger partial charge >= 0.3 is 0 Å². The van der Waals surface area contributed by atoms with Crippen LogP contribution in [0.15, 0.2) is 29.2 Å². The van der Waals surface area contributed by atoms with Crippen molar-refractivity contribution in [3.63, 3.8) is 0 Å². The van der Waals surface area contributed by atoms with Gasteiger partial charge in [0.1, 0.15) is 0 Å². The van der Waals surface area contributed by atoms with Crippen LogP contribution in [0.2, 0.25) is 5.02 Å². The lowest BCUT2D eigenvalue weighted by atomic mass is 9.96. The van der Waals surface area contributed by atoms with Gasteiger partial charge in [0.2, 0.25) is 11.8 Å². The van der Waals surface area contributed by atoms with Crippen LogP contribution >= 0.6 is 23.4 Å². The number of benzene rings is 1. The van der Waals surface area contributed by atoms with Crippen LogP contribution in [0.3, 0.4) is 0 Å². The molecule has 0 N–H and O–H groups in total. The minimum absolute atomic E-state index is 0.0728. The molecule has 0 saturated carbocycles. The molecule has 0 bridgehead atoms. The highest BCUT2D eigenvalue weighted by Gasteiger charge is 2.31. The second-order valence-electron chi connectivity index (χ2n) is 6.36. The van der Waals surface area contributed by atoms with Gasteiger partial charge in [0.25, 0.3) is 0 Å². The Morgan fingerprint density at radius 2 is 1.84 bits per heavy atom. The van der Waals surface area contributed by atoms with Gasteiger partial charge in [-0.25, -0.2) is 0 Å². The SMILES string of the molecule is O=C(CSc1ccc(Cl)cc1)N1CCCC(C(=O)N2CCOCC2)C1. The highest BCUT2D eigenvalue weighted by Crippen LogP contribution is 2.23. The molecule has 0 spiro atoms. The smallest absolute Gasteiger partial charge is 0.232 e. The quantitative estimate of drug-likeness (QED) is 0.751. The molecule has 2 aliphatic heterocycles. The minimum Gasteiger partial charge on any atom is -0.378 e. The van der Waals surface area contributed by atoms with Gasteiger partial charge in [-0.15, -0.1) is 11.8 Å². The van der Waals surface area contributed by atoms with Crippen LogP contribution in [-0.2, 0) is 14.3 Å². The Hall–Kier alpha value is -1.24. The molecule has 1 unspecified atom stereocenters. The van der Waals surface area contributed by atoms with E-state index in [0.717, 1.165) is 24.3 Å². The number of carbonyl (C=O) groups excluding carboxylic acids is 2. The Labute approximate surface area is 157 Å². The number of amides is 2. The molecule has 1 aromatic carbocycles. The zero-order chi connectivity index (χ0) is 17.6. The summed E-state index contributed by atoms with van der Waals surface area (Å²) in [4.78, 5) is 29.9. The van der Waals surface area contributed by atoms with Gasteiger partial charge in [0.05, 0.1) is 24.9 Å². The summed E-state index contributed by atoms with van der Waals surface area (Å²) in [6.45, 7) is 3.83. The van der Waals surface area contributed by atoms with Gasteiger partial charge in [-0.2, -0.15) is 0 Å². The zero-order valence-electron chi connectivity index (χ0n) is 14.2. The van der Waals surface area contributed by atoms with E-state index in [1.807, 2.05) is 34.1 Å². The molecular weight excluding hydrogens is 360 g/mol. The van der Waals surface area contributed by atoms with E-state index in [1.165, 1.54) is 11.8 Å². The van der Waals surface area contributed by atoms with Crippen molar-refractivity contribution in [2.45, 2.75) is 17.7 Å².